The van der Waals surface area contributed by atoms with Crippen molar-refractivity contribution in [2.75, 3.05) is 13.1 Å². The third-order valence-corrected chi connectivity index (χ3v) is 6.17. The van der Waals surface area contributed by atoms with Crippen LogP contribution in [0.4, 0.5) is 0 Å². The van der Waals surface area contributed by atoms with Gasteiger partial charge in [0.05, 0.1) is 0 Å². The van der Waals surface area contributed by atoms with Crippen molar-refractivity contribution in [3.63, 3.8) is 0 Å². The van der Waals surface area contributed by atoms with E-state index in [0.717, 1.165) is 12.3 Å². The highest BCUT2D eigenvalue weighted by atomic mass is 16.3. The maximum Gasteiger partial charge on any atom is 0.115 e. The quantitative estimate of drug-likeness (QED) is 0.885. The summed E-state index contributed by atoms with van der Waals surface area (Å²) < 4.78 is 0. The lowest BCUT2D eigenvalue weighted by Crippen LogP contribution is -2.51. The Morgan fingerprint density at radius 2 is 2.15 bits per heavy atom. The maximum atomic E-state index is 9.81. The Bertz CT molecular complexity index is 536. The number of hydrogen-bond donors (Lipinski definition) is 1. The van der Waals surface area contributed by atoms with Crippen molar-refractivity contribution < 1.29 is 5.11 Å². The van der Waals surface area contributed by atoms with Gasteiger partial charge in [-0.15, -0.1) is 0 Å². The summed E-state index contributed by atoms with van der Waals surface area (Å²) in [4.78, 5) is 2.74. The topological polar surface area (TPSA) is 23.5 Å². The molecule has 108 valence electrons. The number of rotatable bonds is 2. The monoisotopic (exact) mass is 271 g/mol. The van der Waals surface area contributed by atoms with Gasteiger partial charge in [-0.3, -0.25) is 4.90 Å². The summed E-state index contributed by atoms with van der Waals surface area (Å²) in [7, 11) is 0. The molecule has 20 heavy (non-hydrogen) atoms. The van der Waals surface area contributed by atoms with Crippen molar-refractivity contribution in [2.45, 2.75) is 45.6 Å². The number of nitrogens with zero attached hydrogens (tertiary/aromatic N) is 1. The number of phenols is 1. The first-order chi connectivity index (χ1) is 9.57. The van der Waals surface area contributed by atoms with Crippen LogP contribution >= 0.6 is 0 Å². The average Bonchev–Trinajstić information content (AvgIpc) is 3.19. The summed E-state index contributed by atoms with van der Waals surface area (Å²) in [6.45, 7) is 7.43. The number of hydrogen-bond acceptors (Lipinski definition) is 2. The normalized spacial score (nSPS) is 36.7. The molecule has 1 aromatic rings. The third kappa shape index (κ3) is 1.88. The molecule has 1 N–H and O–H groups in total. The molecule has 0 aromatic heterocycles. The fourth-order valence-electron chi connectivity index (χ4n) is 4.48. The van der Waals surface area contributed by atoms with Gasteiger partial charge in [0.2, 0.25) is 0 Å². The van der Waals surface area contributed by atoms with Gasteiger partial charge in [-0.25, -0.2) is 0 Å². The van der Waals surface area contributed by atoms with Crippen molar-refractivity contribution in [1.82, 2.24) is 4.90 Å². The number of fused-ring (bicyclic) bond motifs is 4. The van der Waals surface area contributed by atoms with E-state index in [2.05, 4.69) is 24.8 Å². The zero-order valence-electron chi connectivity index (χ0n) is 12.6. The van der Waals surface area contributed by atoms with E-state index in [1.165, 1.54) is 43.5 Å². The van der Waals surface area contributed by atoms with Gasteiger partial charge in [0.25, 0.3) is 0 Å². The van der Waals surface area contributed by atoms with E-state index >= 15 is 0 Å². The molecule has 0 radical (unpaired) electrons. The third-order valence-electron chi connectivity index (χ3n) is 6.17. The first kappa shape index (κ1) is 12.7. The van der Waals surface area contributed by atoms with Gasteiger partial charge < -0.3 is 5.11 Å². The lowest BCUT2D eigenvalue weighted by molar-refractivity contribution is -0.0160. The van der Waals surface area contributed by atoms with E-state index in [0.29, 0.717) is 23.1 Å². The number of phenolic OH excluding ortho intramolecular Hbond substituents is 1. The predicted molar refractivity (Wildman–Crippen MR) is 80.7 cm³/mol. The predicted octanol–water partition coefficient (Wildman–Crippen LogP) is 3.75. The Hall–Kier alpha value is -1.02. The first-order valence-electron chi connectivity index (χ1n) is 8.13. The lowest BCUT2D eigenvalue weighted by atomic mass is 9.60. The van der Waals surface area contributed by atoms with Gasteiger partial charge in [-0.1, -0.05) is 19.9 Å². The van der Waals surface area contributed by atoms with Crippen LogP contribution in [0.15, 0.2) is 18.2 Å². The maximum absolute atomic E-state index is 9.81. The van der Waals surface area contributed by atoms with Crippen LogP contribution in [0.3, 0.4) is 0 Å². The first-order valence-corrected chi connectivity index (χ1v) is 8.13. The van der Waals surface area contributed by atoms with E-state index in [1.807, 2.05) is 12.1 Å². The summed E-state index contributed by atoms with van der Waals surface area (Å²) in [5, 5.41) is 9.81. The molecule has 4 rings (SSSR count). The van der Waals surface area contributed by atoms with E-state index < -0.39 is 0 Å². The summed E-state index contributed by atoms with van der Waals surface area (Å²) >= 11 is 0. The SMILES string of the molecule is CC1[C@@H]2c3ccc(O)cc3C[C@@]1(C)CCN2CC1CC1. The van der Waals surface area contributed by atoms with Gasteiger partial charge in [0.1, 0.15) is 5.75 Å². The summed E-state index contributed by atoms with van der Waals surface area (Å²) in [6, 6.07) is 6.63. The highest BCUT2D eigenvalue weighted by molar-refractivity contribution is 5.41. The minimum Gasteiger partial charge on any atom is -0.508 e. The van der Waals surface area contributed by atoms with Crippen LogP contribution in [0.25, 0.3) is 0 Å². The molecular formula is C18H25NO. The van der Waals surface area contributed by atoms with E-state index in [4.69, 9.17) is 0 Å². The summed E-state index contributed by atoms with van der Waals surface area (Å²) in [6.07, 6.45) is 5.28. The van der Waals surface area contributed by atoms with E-state index in [1.54, 1.807) is 0 Å². The standard InChI is InChI=1S/C18H25NO/c1-12-17-16-6-5-15(20)9-14(16)10-18(12,2)7-8-19(17)11-13-3-4-13/h5-6,9,12-13,17,20H,3-4,7-8,10-11H2,1-2H3/t12?,17-,18-/m1/s1. The highest BCUT2D eigenvalue weighted by Gasteiger charge is 2.48. The molecular weight excluding hydrogens is 246 g/mol. The average molecular weight is 271 g/mol. The van der Waals surface area contributed by atoms with Crippen molar-refractivity contribution in [2.24, 2.45) is 17.3 Å². The molecule has 2 fully saturated rings. The fourth-order valence-corrected chi connectivity index (χ4v) is 4.48. The van der Waals surface area contributed by atoms with Crippen LogP contribution in [0.2, 0.25) is 0 Å². The Morgan fingerprint density at radius 3 is 2.90 bits per heavy atom. The van der Waals surface area contributed by atoms with Crippen LogP contribution in [0.5, 0.6) is 5.75 Å². The van der Waals surface area contributed by atoms with Gasteiger partial charge >= 0.3 is 0 Å². The molecule has 1 aromatic carbocycles. The summed E-state index contributed by atoms with van der Waals surface area (Å²) in [5.74, 6) is 2.09. The second-order valence-corrected chi connectivity index (χ2v) is 7.64. The molecule has 1 aliphatic heterocycles. The van der Waals surface area contributed by atoms with E-state index in [9.17, 15) is 5.11 Å². The molecule has 1 heterocycles. The molecule has 2 aliphatic carbocycles. The van der Waals surface area contributed by atoms with Gasteiger partial charge in [-0.2, -0.15) is 0 Å². The van der Waals surface area contributed by atoms with Crippen LogP contribution in [-0.2, 0) is 6.42 Å². The van der Waals surface area contributed by atoms with Crippen LogP contribution in [-0.4, -0.2) is 23.1 Å². The van der Waals surface area contributed by atoms with Gasteiger partial charge in [0.15, 0.2) is 0 Å². The van der Waals surface area contributed by atoms with Crippen LogP contribution in [0.1, 0.15) is 50.3 Å². The van der Waals surface area contributed by atoms with Crippen molar-refractivity contribution in [3.05, 3.63) is 29.3 Å². The molecule has 0 amide bonds. The Morgan fingerprint density at radius 1 is 1.35 bits per heavy atom. The largest absolute Gasteiger partial charge is 0.508 e. The molecule has 3 aliphatic rings. The fraction of sp³-hybridized carbons (Fsp3) is 0.667. The van der Waals surface area contributed by atoms with Gasteiger partial charge in [0, 0.05) is 12.6 Å². The smallest absolute Gasteiger partial charge is 0.115 e. The Balaban J connectivity index is 1.75. The van der Waals surface area contributed by atoms with Crippen molar-refractivity contribution >= 4 is 0 Å². The molecule has 2 heteroatoms. The minimum absolute atomic E-state index is 0.408. The lowest BCUT2D eigenvalue weighted by Gasteiger charge is -2.54. The molecule has 1 saturated carbocycles. The van der Waals surface area contributed by atoms with Gasteiger partial charge in [-0.05, 0) is 72.7 Å². The van der Waals surface area contributed by atoms with E-state index in [-0.39, 0.29) is 0 Å². The number of likely N-dealkylation sites (tertiary alicyclic amines) is 1. The Labute approximate surface area is 121 Å². The zero-order valence-corrected chi connectivity index (χ0v) is 12.6. The second kappa shape index (κ2) is 4.24. The number of benzene rings is 1. The molecule has 2 nitrogen and oxygen atoms in total. The second-order valence-electron chi connectivity index (χ2n) is 7.64. The minimum atomic E-state index is 0.408. The van der Waals surface area contributed by atoms with Crippen LogP contribution in [0, 0.1) is 17.3 Å². The number of aromatic hydroxyl groups is 1. The molecule has 3 atom stereocenters. The summed E-state index contributed by atoms with van der Waals surface area (Å²) in [5.41, 5.74) is 3.27. The van der Waals surface area contributed by atoms with Crippen LogP contribution < -0.4 is 0 Å². The van der Waals surface area contributed by atoms with Crippen molar-refractivity contribution in [1.29, 1.82) is 0 Å². The zero-order chi connectivity index (χ0) is 13.9. The highest BCUT2D eigenvalue weighted by Crippen LogP contribution is 2.54. The molecule has 0 spiro atoms. The molecule has 1 saturated heterocycles. The molecule has 2 bridgehead atoms. The Kier molecular flexibility index (Phi) is 2.69. The molecule has 1 unspecified atom stereocenters. The number of piperidine rings is 1. The van der Waals surface area contributed by atoms with Crippen molar-refractivity contribution in [3.8, 4) is 5.75 Å².